The van der Waals surface area contributed by atoms with Crippen molar-refractivity contribution in [1.29, 1.82) is 0 Å². The predicted octanol–water partition coefficient (Wildman–Crippen LogP) is 5.53. The van der Waals surface area contributed by atoms with Gasteiger partial charge in [-0.05, 0) is 48.7 Å². The Bertz CT molecular complexity index is 1160. The van der Waals surface area contributed by atoms with E-state index in [1.165, 1.54) is 0 Å². The summed E-state index contributed by atoms with van der Waals surface area (Å²) in [7, 11) is 0. The molecular weight excluding hydrogens is 414 g/mol. The third kappa shape index (κ3) is 5.92. The first-order valence-electron chi connectivity index (χ1n) is 11.3. The lowest BCUT2D eigenvalue weighted by atomic mass is 9.88. The fourth-order valence-corrected chi connectivity index (χ4v) is 3.93. The van der Waals surface area contributed by atoms with Gasteiger partial charge in [-0.15, -0.1) is 0 Å². The number of rotatable bonds is 11. The average molecular weight is 444 g/mol. The number of esters is 1. The molecule has 2 aromatic heterocycles. The molecule has 0 spiro atoms. The van der Waals surface area contributed by atoms with E-state index in [-0.39, 0.29) is 11.9 Å². The van der Waals surface area contributed by atoms with Crippen LogP contribution in [0.2, 0.25) is 0 Å². The second-order valence-corrected chi connectivity index (χ2v) is 7.77. The molecule has 0 radical (unpaired) electrons. The first kappa shape index (κ1) is 22.4. The van der Waals surface area contributed by atoms with E-state index >= 15 is 0 Å². The van der Waals surface area contributed by atoms with Crippen molar-refractivity contribution < 1.29 is 14.3 Å². The summed E-state index contributed by atoms with van der Waals surface area (Å²) in [5.41, 5.74) is 3.15. The number of aromatic nitrogens is 2. The van der Waals surface area contributed by atoms with Crippen LogP contribution in [0.5, 0.6) is 5.75 Å². The molecule has 0 saturated heterocycles. The summed E-state index contributed by atoms with van der Waals surface area (Å²) in [6, 6.07) is 21.9. The number of ether oxygens (including phenoxy) is 2. The standard InChI is InChI=1S/C27H29N3O3/c1-2-32-27(31)18-23(20-9-4-3-5-10-20)24-19-30-25-17-21(12-13-22(24)25)33-16-8-15-29-26-11-6-7-14-28-26/h3-7,9-14,17,19,23,30H,2,8,15-16,18H2,1H3,(H,28,29). The number of carbonyl (C=O) groups excluding carboxylic acids is 1. The highest BCUT2D eigenvalue weighted by molar-refractivity contribution is 5.86. The van der Waals surface area contributed by atoms with Gasteiger partial charge in [-0.25, -0.2) is 4.98 Å². The van der Waals surface area contributed by atoms with Crippen LogP contribution < -0.4 is 10.1 Å². The molecule has 0 amide bonds. The minimum Gasteiger partial charge on any atom is -0.493 e. The van der Waals surface area contributed by atoms with Crippen molar-refractivity contribution in [2.75, 3.05) is 25.1 Å². The Balaban J connectivity index is 1.42. The fraction of sp³-hybridized carbons (Fsp3) is 0.259. The quantitative estimate of drug-likeness (QED) is 0.235. The summed E-state index contributed by atoms with van der Waals surface area (Å²) in [6.07, 6.45) is 4.92. The number of pyridine rings is 1. The van der Waals surface area contributed by atoms with Crippen LogP contribution in [0.3, 0.4) is 0 Å². The maximum Gasteiger partial charge on any atom is 0.306 e. The van der Waals surface area contributed by atoms with Crippen LogP contribution >= 0.6 is 0 Å². The monoisotopic (exact) mass is 443 g/mol. The van der Waals surface area contributed by atoms with E-state index in [9.17, 15) is 4.79 Å². The molecule has 33 heavy (non-hydrogen) atoms. The second-order valence-electron chi connectivity index (χ2n) is 7.77. The van der Waals surface area contributed by atoms with Gasteiger partial charge >= 0.3 is 5.97 Å². The lowest BCUT2D eigenvalue weighted by Crippen LogP contribution is -2.11. The number of fused-ring (bicyclic) bond motifs is 1. The topological polar surface area (TPSA) is 76.2 Å². The number of hydrogen-bond donors (Lipinski definition) is 2. The Morgan fingerprint density at radius 3 is 2.73 bits per heavy atom. The van der Waals surface area contributed by atoms with Gasteiger partial charge < -0.3 is 19.8 Å². The van der Waals surface area contributed by atoms with Crippen molar-refractivity contribution in [3.05, 3.63) is 90.3 Å². The van der Waals surface area contributed by atoms with Gasteiger partial charge in [-0.1, -0.05) is 36.4 Å². The Morgan fingerprint density at radius 1 is 1.09 bits per heavy atom. The third-order valence-electron chi connectivity index (χ3n) is 5.50. The summed E-state index contributed by atoms with van der Waals surface area (Å²) in [6.45, 7) is 3.61. The number of aromatic amines is 1. The van der Waals surface area contributed by atoms with E-state index in [1.807, 2.05) is 61.7 Å². The van der Waals surface area contributed by atoms with Gasteiger partial charge in [0, 0.05) is 41.8 Å². The highest BCUT2D eigenvalue weighted by atomic mass is 16.5. The first-order valence-corrected chi connectivity index (χ1v) is 11.3. The highest BCUT2D eigenvalue weighted by Crippen LogP contribution is 2.35. The molecule has 1 unspecified atom stereocenters. The molecule has 2 heterocycles. The Hall–Kier alpha value is -3.80. The van der Waals surface area contributed by atoms with Crippen LogP contribution in [0.15, 0.2) is 79.1 Å². The summed E-state index contributed by atoms with van der Waals surface area (Å²) in [5.74, 6) is 1.41. The number of carbonyl (C=O) groups is 1. The molecule has 6 nitrogen and oxygen atoms in total. The largest absolute Gasteiger partial charge is 0.493 e. The van der Waals surface area contributed by atoms with Crippen molar-refractivity contribution in [1.82, 2.24) is 9.97 Å². The first-order chi connectivity index (χ1) is 16.2. The minimum atomic E-state index is -0.194. The zero-order valence-corrected chi connectivity index (χ0v) is 18.8. The second kappa shape index (κ2) is 11.2. The Labute approximate surface area is 194 Å². The number of H-pyrrole nitrogens is 1. The average Bonchev–Trinajstić information content (AvgIpc) is 3.27. The number of nitrogens with one attached hydrogen (secondary N) is 2. The zero-order chi connectivity index (χ0) is 22.9. The molecule has 4 rings (SSSR count). The molecule has 0 aliphatic rings. The number of anilines is 1. The smallest absolute Gasteiger partial charge is 0.306 e. The highest BCUT2D eigenvalue weighted by Gasteiger charge is 2.22. The number of nitrogens with zero attached hydrogens (tertiary/aromatic N) is 1. The Morgan fingerprint density at radius 2 is 1.94 bits per heavy atom. The van der Waals surface area contributed by atoms with Gasteiger partial charge in [0.15, 0.2) is 0 Å². The van der Waals surface area contributed by atoms with E-state index in [0.717, 1.165) is 46.6 Å². The molecule has 0 fully saturated rings. The third-order valence-corrected chi connectivity index (χ3v) is 5.50. The van der Waals surface area contributed by atoms with Crippen LogP contribution in [0, 0.1) is 0 Å². The maximum atomic E-state index is 12.3. The van der Waals surface area contributed by atoms with Crippen molar-refractivity contribution in [3.8, 4) is 5.75 Å². The summed E-state index contributed by atoms with van der Waals surface area (Å²) < 4.78 is 11.2. The SMILES string of the molecule is CCOC(=O)CC(c1ccccc1)c1c[nH]c2cc(OCCCNc3ccccn3)ccc12. The van der Waals surface area contributed by atoms with Gasteiger partial charge in [-0.2, -0.15) is 0 Å². The van der Waals surface area contributed by atoms with E-state index < -0.39 is 0 Å². The Kier molecular flexibility index (Phi) is 7.59. The zero-order valence-electron chi connectivity index (χ0n) is 18.8. The molecule has 0 saturated carbocycles. The van der Waals surface area contributed by atoms with Crippen molar-refractivity contribution in [2.24, 2.45) is 0 Å². The van der Waals surface area contributed by atoms with E-state index in [4.69, 9.17) is 9.47 Å². The minimum absolute atomic E-state index is 0.0801. The van der Waals surface area contributed by atoms with E-state index in [1.54, 1.807) is 6.20 Å². The van der Waals surface area contributed by atoms with Gasteiger partial charge in [0.2, 0.25) is 0 Å². The molecular formula is C27H29N3O3. The van der Waals surface area contributed by atoms with Crippen molar-refractivity contribution in [2.45, 2.75) is 25.7 Å². The van der Waals surface area contributed by atoms with Gasteiger partial charge in [-0.3, -0.25) is 4.79 Å². The molecule has 2 aromatic carbocycles. The fourth-order valence-electron chi connectivity index (χ4n) is 3.93. The molecule has 4 aromatic rings. The number of hydrogen-bond acceptors (Lipinski definition) is 5. The lowest BCUT2D eigenvalue weighted by molar-refractivity contribution is -0.143. The van der Waals surface area contributed by atoms with Gasteiger partial charge in [0.05, 0.1) is 19.6 Å². The normalized spacial score (nSPS) is 11.8. The van der Waals surface area contributed by atoms with Gasteiger partial charge in [0.1, 0.15) is 11.6 Å². The number of benzene rings is 2. The van der Waals surface area contributed by atoms with Crippen LogP contribution in [0.1, 0.15) is 36.8 Å². The summed E-state index contributed by atoms with van der Waals surface area (Å²) in [4.78, 5) is 19.9. The molecule has 2 N–H and O–H groups in total. The van der Waals surface area contributed by atoms with Crippen LogP contribution in [-0.4, -0.2) is 35.7 Å². The summed E-state index contributed by atoms with van der Waals surface area (Å²) in [5, 5.41) is 4.36. The van der Waals surface area contributed by atoms with Crippen LogP contribution in [-0.2, 0) is 9.53 Å². The molecule has 6 heteroatoms. The summed E-state index contributed by atoms with van der Waals surface area (Å²) >= 11 is 0. The molecule has 0 aliphatic heterocycles. The molecule has 0 bridgehead atoms. The van der Waals surface area contributed by atoms with E-state index in [2.05, 4.69) is 33.5 Å². The van der Waals surface area contributed by atoms with Crippen molar-refractivity contribution >= 4 is 22.7 Å². The van der Waals surface area contributed by atoms with Crippen molar-refractivity contribution in [3.63, 3.8) is 0 Å². The molecule has 0 aliphatic carbocycles. The maximum absolute atomic E-state index is 12.3. The predicted molar refractivity (Wildman–Crippen MR) is 131 cm³/mol. The lowest BCUT2D eigenvalue weighted by Gasteiger charge is -2.16. The van der Waals surface area contributed by atoms with Crippen LogP contribution in [0.4, 0.5) is 5.82 Å². The molecule has 170 valence electrons. The van der Waals surface area contributed by atoms with Gasteiger partial charge in [0.25, 0.3) is 0 Å². The molecule has 1 atom stereocenters. The van der Waals surface area contributed by atoms with Crippen LogP contribution in [0.25, 0.3) is 10.9 Å². The van der Waals surface area contributed by atoms with E-state index in [0.29, 0.717) is 19.6 Å².